The van der Waals surface area contributed by atoms with Crippen LogP contribution in [-0.4, -0.2) is 48.4 Å². The molecule has 1 amide bonds. The van der Waals surface area contributed by atoms with Gasteiger partial charge < -0.3 is 9.64 Å². The minimum atomic E-state index is 0.190. The lowest BCUT2D eigenvalue weighted by Gasteiger charge is -2.56. The number of methoxy groups -OCH3 is 1. The second-order valence-electron chi connectivity index (χ2n) is 7.26. The topological polar surface area (TPSA) is 42.4 Å². The van der Waals surface area contributed by atoms with Gasteiger partial charge in [-0.25, -0.2) is 0 Å². The van der Waals surface area contributed by atoms with Gasteiger partial charge in [0.15, 0.2) is 0 Å². The molecule has 1 aliphatic heterocycles. The van der Waals surface area contributed by atoms with Crippen LogP contribution in [0.4, 0.5) is 0 Å². The summed E-state index contributed by atoms with van der Waals surface area (Å²) in [7, 11) is 1.76. The number of ether oxygens (including phenoxy) is 1. The van der Waals surface area contributed by atoms with Gasteiger partial charge in [0.05, 0.1) is 12.4 Å². The number of aromatic nitrogens is 1. The van der Waals surface area contributed by atoms with Gasteiger partial charge in [-0.15, -0.1) is 11.8 Å². The molecule has 0 spiro atoms. The van der Waals surface area contributed by atoms with Crippen LogP contribution < -0.4 is 0 Å². The normalized spacial score (nSPS) is 29.0. The summed E-state index contributed by atoms with van der Waals surface area (Å²) in [6.45, 7) is 7.12. The fraction of sp³-hybridized carbons (Fsp3) is 0.647. The largest absolute Gasteiger partial charge is 0.384 e. The van der Waals surface area contributed by atoms with E-state index in [4.69, 9.17) is 4.74 Å². The second kappa shape index (κ2) is 5.85. The van der Waals surface area contributed by atoms with E-state index >= 15 is 0 Å². The molecule has 2 atom stereocenters. The highest BCUT2D eigenvalue weighted by atomic mass is 32.2. The molecule has 0 unspecified atom stereocenters. The number of thioether (sulfide) groups is 1. The Morgan fingerprint density at radius 3 is 2.82 bits per heavy atom. The van der Waals surface area contributed by atoms with E-state index in [9.17, 15) is 4.79 Å². The molecule has 5 heteroatoms. The smallest absolute Gasteiger partial charge is 0.232 e. The molecular weight excluding hydrogens is 296 g/mol. The highest BCUT2D eigenvalue weighted by Crippen LogP contribution is 2.62. The van der Waals surface area contributed by atoms with Crippen LogP contribution in [0.3, 0.4) is 0 Å². The maximum atomic E-state index is 12.5. The molecule has 0 radical (unpaired) electrons. The molecule has 1 aliphatic carbocycles. The Bertz CT molecular complexity index is 549. The number of hydrogen-bond donors (Lipinski definition) is 0. The predicted molar refractivity (Wildman–Crippen MR) is 87.7 cm³/mol. The molecular formula is C17H24N2O2S. The first-order valence-corrected chi connectivity index (χ1v) is 8.75. The van der Waals surface area contributed by atoms with Crippen molar-refractivity contribution in [3.05, 3.63) is 24.5 Å². The summed E-state index contributed by atoms with van der Waals surface area (Å²) < 4.78 is 5.45. The van der Waals surface area contributed by atoms with Gasteiger partial charge in [-0.05, 0) is 29.9 Å². The van der Waals surface area contributed by atoms with Gasteiger partial charge in [0.1, 0.15) is 0 Å². The Kier molecular flexibility index (Phi) is 4.21. The number of hydrogen-bond acceptors (Lipinski definition) is 4. The summed E-state index contributed by atoms with van der Waals surface area (Å²) in [6.07, 6.45) is 4.68. The molecule has 1 aromatic heterocycles. The number of nitrogens with zero attached hydrogens (tertiary/aromatic N) is 2. The van der Waals surface area contributed by atoms with Crippen molar-refractivity contribution < 1.29 is 9.53 Å². The van der Waals surface area contributed by atoms with Crippen LogP contribution >= 0.6 is 11.8 Å². The zero-order chi connectivity index (χ0) is 15.8. The fourth-order valence-corrected chi connectivity index (χ4v) is 5.26. The highest BCUT2D eigenvalue weighted by molar-refractivity contribution is 8.00. The van der Waals surface area contributed by atoms with Crippen molar-refractivity contribution in [1.82, 2.24) is 9.88 Å². The Hall–Kier alpha value is -1.07. The van der Waals surface area contributed by atoms with Crippen molar-refractivity contribution in [1.29, 1.82) is 0 Å². The third-order valence-electron chi connectivity index (χ3n) is 5.20. The van der Waals surface area contributed by atoms with E-state index < -0.39 is 0 Å². The van der Waals surface area contributed by atoms with Gasteiger partial charge >= 0.3 is 0 Å². The van der Waals surface area contributed by atoms with Crippen LogP contribution in [0.2, 0.25) is 0 Å². The van der Waals surface area contributed by atoms with E-state index in [-0.39, 0.29) is 11.3 Å². The molecule has 2 aliphatic rings. The summed E-state index contributed by atoms with van der Waals surface area (Å²) in [4.78, 5) is 19.7. The van der Waals surface area contributed by atoms with E-state index in [2.05, 4.69) is 18.8 Å². The molecule has 4 nitrogen and oxygen atoms in total. The van der Waals surface area contributed by atoms with Crippen LogP contribution in [0.15, 0.2) is 29.4 Å². The van der Waals surface area contributed by atoms with Gasteiger partial charge in [-0.1, -0.05) is 13.8 Å². The predicted octanol–water partition coefficient (Wildman–Crippen LogP) is 2.69. The molecule has 0 N–H and O–H groups in total. The summed E-state index contributed by atoms with van der Waals surface area (Å²) in [5.74, 6) is 1.30. The Morgan fingerprint density at radius 1 is 1.45 bits per heavy atom. The van der Waals surface area contributed by atoms with Crippen LogP contribution in [0.25, 0.3) is 0 Å². The van der Waals surface area contributed by atoms with Gasteiger partial charge in [0.25, 0.3) is 0 Å². The zero-order valence-corrected chi connectivity index (χ0v) is 14.4. The highest BCUT2D eigenvalue weighted by Gasteiger charge is 2.63. The fourth-order valence-electron chi connectivity index (χ4n) is 4.47. The average molecular weight is 320 g/mol. The van der Waals surface area contributed by atoms with E-state index in [1.165, 1.54) is 0 Å². The van der Waals surface area contributed by atoms with Gasteiger partial charge in [0, 0.05) is 42.9 Å². The molecule has 3 rings (SSSR count). The number of amides is 1. The number of fused-ring (bicyclic) bond motifs is 1. The first-order valence-electron chi connectivity index (χ1n) is 7.76. The van der Waals surface area contributed by atoms with E-state index in [0.717, 1.165) is 31.0 Å². The van der Waals surface area contributed by atoms with Gasteiger partial charge in [-0.3, -0.25) is 9.78 Å². The number of pyridine rings is 1. The van der Waals surface area contributed by atoms with Gasteiger partial charge in [-0.2, -0.15) is 0 Å². The molecule has 120 valence electrons. The summed E-state index contributed by atoms with van der Waals surface area (Å²) in [5.41, 5.74) is 0.515. The average Bonchev–Trinajstić information content (AvgIpc) is 2.81. The maximum Gasteiger partial charge on any atom is 0.232 e. The van der Waals surface area contributed by atoms with Crippen molar-refractivity contribution in [2.24, 2.45) is 16.7 Å². The minimum Gasteiger partial charge on any atom is -0.384 e. The van der Waals surface area contributed by atoms with Gasteiger partial charge in [0.2, 0.25) is 5.91 Å². The lowest BCUT2D eigenvalue weighted by Crippen LogP contribution is -2.55. The third kappa shape index (κ3) is 2.76. The molecule has 1 saturated heterocycles. The summed E-state index contributed by atoms with van der Waals surface area (Å²) in [5, 5.41) is 0. The molecule has 2 heterocycles. The number of carbonyl (C=O) groups excluding carboxylic acids is 1. The van der Waals surface area contributed by atoms with E-state index in [1.807, 2.05) is 17.0 Å². The van der Waals surface area contributed by atoms with Crippen molar-refractivity contribution >= 4 is 17.7 Å². The molecule has 0 aromatic carbocycles. The minimum absolute atomic E-state index is 0.190. The SMILES string of the molecule is COC[C@@]12CN(C(=O)CSc3ccncc3)C[C@@H]1C(C)(C)C2. The Morgan fingerprint density at radius 2 is 2.18 bits per heavy atom. The van der Waals surface area contributed by atoms with Crippen molar-refractivity contribution in [2.45, 2.75) is 25.2 Å². The molecule has 2 fully saturated rings. The molecule has 0 bridgehead atoms. The van der Waals surface area contributed by atoms with Crippen LogP contribution in [0.5, 0.6) is 0 Å². The van der Waals surface area contributed by atoms with Crippen LogP contribution in [0, 0.1) is 16.7 Å². The van der Waals surface area contributed by atoms with Crippen LogP contribution in [0.1, 0.15) is 20.3 Å². The zero-order valence-electron chi connectivity index (χ0n) is 13.5. The van der Waals surface area contributed by atoms with E-state index in [0.29, 0.717) is 17.1 Å². The Balaban J connectivity index is 1.60. The van der Waals surface area contributed by atoms with E-state index in [1.54, 1.807) is 31.3 Å². The first kappa shape index (κ1) is 15.8. The van der Waals surface area contributed by atoms with Crippen molar-refractivity contribution in [2.75, 3.05) is 32.6 Å². The summed E-state index contributed by atoms with van der Waals surface area (Å²) >= 11 is 1.59. The number of carbonyl (C=O) groups is 1. The number of rotatable bonds is 5. The molecule has 1 aromatic rings. The molecule has 1 saturated carbocycles. The second-order valence-corrected chi connectivity index (χ2v) is 8.31. The Labute approximate surface area is 136 Å². The first-order chi connectivity index (χ1) is 10.5. The number of likely N-dealkylation sites (tertiary alicyclic amines) is 1. The quantitative estimate of drug-likeness (QED) is 0.782. The lowest BCUT2D eigenvalue weighted by atomic mass is 9.48. The van der Waals surface area contributed by atoms with Crippen molar-refractivity contribution in [3.63, 3.8) is 0 Å². The van der Waals surface area contributed by atoms with Crippen LogP contribution in [-0.2, 0) is 9.53 Å². The molecule has 22 heavy (non-hydrogen) atoms. The summed E-state index contributed by atoms with van der Waals surface area (Å²) in [6, 6.07) is 3.89. The third-order valence-corrected chi connectivity index (χ3v) is 6.19. The monoisotopic (exact) mass is 320 g/mol. The standard InChI is InChI=1S/C17H24N2O2S/c1-16(2)10-17(12-21-3)11-19(8-14(16)17)15(20)9-22-13-4-6-18-7-5-13/h4-7,14H,8-12H2,1-3H3/t14-,17-/m1/s1. The maximum absolute atomic E-state index is 12.5. The lowest BCUT2D eigenvalue weighted by molar-refractivity contribution is -0.128. The van der Waals surface area contributed by atoms with Crippen molar-refractivity contribution in [3.8, 4) is 0 Å².